The van der Waals surface area contributed by atoms with E-state index in [1.807, 2.05) is 19.1 Å². The lowest BCUT2D eigenvalue weighted by Gasteiger charge is -2.12. The maximum atomic E-state index is 5.65. The van der Waals surface area contributed by atoms with Crippen LogP contribution in [-0.2, 0) is 6.42 Å². The van der Waals surface area contributed by atoms with Crippen LogP contribution in [0.4, 0.5) is 0 Å². The lowest BCUT2D eigenvalue weighted by atomic mass is 10.2. The Bertz CT molecular complexity index is 260. The Morgan fingerprint density at radius 3 is 2.85 bits per heavy atom. The molecule has 0 spiro atoms. The Hall–Kier alpha value is -0.690. The van der Waals surface area contributed by atoms with Crippen molar-refractivity contribution in [2.24, 2.45) is 0 Å². The predicted octanol–water partition coefficient (Wildman–Crippen LogP) is 3.26. The summed E-state index contributed by atoms with van der Waals surface area (Å²) in [6.45, 7) is 4.09. The quantitative estimate of drug-likeness (QED) is 0.675. The summed E-state index contributed by atoms with van der Waals surface area (Å²) in [5.41, 5.74) is 1.29. The summed E-state index contributed by atoms with van der Waals surface area (Å²) >= 11 is 5.65. The smallest absolute Gasteiger partial charge is 0.120 e. The van der Waals surface area contributed by atoms with Gasteiger partial charge in [0.1, 0.15) is 11.9 Å². The molecule has 0 N–H and O–H groups in total. The lowest BCUT2D eigenvalue weighted by Crippen LogP contribution is -2.13. The van der Waals surface area contributed by atoms with Crippen LogP contribution >= 0.6 is 11.6 Å². The zero-order valence-corrected chi connectivity index (χ0v) is 8.84. The van der Waals surface area contributed by atoms with Gasteiger partial charge in [-0.05, 0) is 31.0 Å². The summed E-state index contributed by atoms with van der Waals surface area (Å²) in [5, 5.41) is 0. The lowest BCUT2D eigenvalue weighted by molar-refractivity contribution is 0.245. The second-order valence-corrected chi connectivity index (χ2v) is 3.39. The molecule has 0 heterocycles. The molecule has 1 unspecified atom stereocenters. The maximum Gasteiger partial charge on any atom is 0.120 e. The molecule has 0 radical (unpaired) electrons. The molecule has 72 valence electrons. The Morgan fingerprint density at radius 1 is 1.46 bits per heavy atom. The fraction of sp³-hybridized carbons (Fsp3) is 0.455. The highest BCUT2D eigenvalue weighted by atomic mass is 35.5. The summed E-state index contributed by atoms with van der Waals surface area (Å²) < 4.78 is 5.57. The van der Waals surface area contributed by atoms with Crippen molar-refractivity contribution in [1.29, 1.82) is 0 Å². The van der Waals surface area contributed by atoms with Gasteiger partial charge >= 0.3 is 0 Å². The highest BCUT2D eigenvalue weighted by Gasteiger charge is 2.01. The van der Waals surface area contributed by atoms with Crippen LogP contribution in [0.5, 0.6) is 5.75 Å². The summed E-state index contributed by atoms with van der Waals surface area (Å²) in [7, 11) is 0. The van der Waals surface area contributed by atoms with Crippen LogP contribution in [0.3, 0.4) is 0 Å². The minimum Gasteiger partial charge on any atom is -0.489 e. The van der Waals surface area contributed by atoms with E-state index >= 15 is 0 Å². The number of benzene rings is 1. The van der Waals surface area contributed by atoms with Gasteiger partial charge in [0, 0.05) is 0 Å². The Balaban J connectivity index is 2.66. The van der Waals surface area contributed by atoms with E-state index in [4.69, 9.17) is 16.3 Å². The zero-order chi connectivity index (χ0) is 9.68. The van der Waals surface area contributed by atoms with Crippen molar-refractivity contribution in [3.8, 4) is 5.75 Å². The molecule has 0 aliphatic carbocycles. The number of hydrogen-bond donors (Lipinski definition) is 0. The van der Waals surface area contributed by atoms with E-state index in [-0.39, 0.29) is 6.10 Å². The molecule has 0 amide bonds. The average molecular weight is 199 g/mol. The van der Waals surface area contributed by atoms with E-state index in [0.717, 1.165) is 12.2 Å². The van der Waals surface area contributed by atoms with Gasteiger partial charge in [0.2, 0.25) is 0 Å². The first kappa shape index (κ1) is 10.4. The summed E-state index contributed by atoms with van der Waals surface area (Å²) in [5.74, 6) is 1.43. The third kappa shape index (κ3) is 3.27. The molecule has 0 aromatic heterocycles. The van der Waals surface area contributed by atoms with Crippen molar-refractivity contribution in [3.63, 3.8) is 0 Å². The fourth-order valence-corrected chi connectivity index (χ4v) is 1.17. The fourth-order valence-electron chi connectivity index (χ4n) is 1.10. The van der Waals surface area contributed by atoms with Crippen molar-refractivity contribution in [3.05, 3.63) is 29.8 Å². The Morgan fingerprint density at radius 2 is 2.23 bits per heavy atom. The van der Waals surface area contributed by atoms with Gasteiger partial charge in [-0.2, -0.15) is 0 Å². The highest BCUT2D eigenvalue weighted by molar-refractivity contribution is 6.18. The van der Waals surface area contributed by atoms with Crippen molar-refractivity contribution in [1.82, 2.24) is 0 Å². The van der Waals surface area contributed by atoms with E-state index in [1.165, 1.54) is 5.56 Å². The summed E-state index contributed by atoms with van der Waals surface area (Å²) in [6.07, 6.45) is 1.11. The number of alkyl halides is 1. The Kier molecular flexibility index (Phi) is 4.10. The highest BCUT2D eigenvalue weighted by Crippen LogP contribution is 2.15. The van der Waals surface area contributed by atoms with E-state index in [0.29, 0.717) is 5.88 Å². The van der Waals surface area contributed by atoms with Gasteiger partial charge in [-0.25, -0.2) is 0 Å². The monoisotopic (exact) mass is 198 g/mol. The molecule has 0 aliphatic rings. The third-order valence-electron chi connectivity index (χ3n) is 1.86. The molecule has 1 rings (SSSR count). The molecule has 0 bridgehead atoms. The van der Waals surface area contributed by atoms with Crippen LogP contribution in [-0.4, -0.2) is 12.0 Å². The van der Waals surface area contributed by atoms with Crippen LogP contribution in [0.25, 0.3) is 0 Å². The molecule has 1 aromatic carbocycles. The van der Waals surface area contributed by atoms with Crippen molar-refractivity contribution >= 4 is 11.6 Å². The molecule has 2 heteroatoms. The van der Waals surface area contributed by atoms with Crippen molar-refractivity contribution < 1.29 is 4.74 Å². The average Bonchev–Trinajstić information content (AvgIpc) is 2.18. The minimum atomic E-state index is 0.0776. The summed E-state index contributed by atoms with van der Waals surface area (Å²) in [6, 6.07) is 8.12. The number of halogens is 1. The molecule has 1 nitrogen and oxygen atoms in total. The number of hydrogen-bond acceptors (Lipinski definition) is 1. The zero-order valence-electron chi connectivity index (χ0n) is 8.09. The van der Waals surface area contributed by atoms with Crippen molar-refractivity contribution in [2.45, 2.75) is 26.4 Å². The van der Waals surface area contributed by atoms with E-state index < -0.39 is 0 Å². The van der Waals surface area contributed by atoms with Gasteiger partial charge in [-0.15, -0.1) is 11.6 Å². The van der Waals surface area contributed by atoms with Crippen LogP contribution in [0.2, 0.25) is 0 Å². The van der Waals surface area contributed by atoms with Gasteiger partial charge in [-0.1, -0.05) is 19.1 Å². The van der Waals surface area contributed by atoms with E-state index in [9.17, 15) is 0 Å². The normalized spacial score (nSPS) is 12.5. The van der Waals surface area contributed by atoms with Gasteiger partial charge in [0.05, 0.1) is 5.88 Å². The topological polar surface area (TPSA) is 9.23 Å². The summed E-state index contributed by atoms with van der Waals surface area (Å²) in [4.78, 5) is 0. The molecule has 0 saturated heterocycles. The molecule has 0 fully saturated rings. The van der Waals surface area contributed by atoms with Gasteiger partial charge < -0.3 is 4.74 Å². The minimum absolute atomic E-state index is 0.0776. The molecule has 0 saturated carbocycles. The molecular weight excluding hydrogens is 184 g/mol. The van der Waals surface area contributed by atoms with Crippen LogP contribution in [0.1, 0.15) is 19.4 Å². The van der Waals surface area contributed by atoms with E-state index in [1.54, 1.807) is 0 Å². The van der Waals surface area contributed by atoms with Crippen LogP contribution in [0.15, 0.2) is 24.3 Å². The van der Waals surface area contributed by atoms with E-state index in [2.05, 4.69) is 19.1 Å². The number of rotatable bonds is 4. The number of aryl methyl sites for hydroxylation is 1. The van der Waals surface area contributed by atoms with Crippen LogP contribution in [0, 0.1) is 0 Å². The van der Waals surface area contributed by atoms with Gasteiger partial charge in [0.15, 0.2) is 0 Å². The molecular formula is C11H15ClO. The van der Waals surface area contributed by atoms with Crippen molar-refractivity contribution in [2.75, 3.05) is 5.88 Å². The van der Waals surface area contributed by atoms with Gasteiger partial charge in [0.25, 0.3) is 0 Å². The SMILES string of the molecule is CCc1cccc(OC(C)CCl)c1. The molecule has 13 heavy (non-hydrogen) atoms. The Labute approximate surface area is 84.7 Å². The molecule has 0 aliphatic heterocycles. The largest absolute Gasteiger partial charge is 0.489 e. The second kappa shape index (κ2) is 5.13. The molecule has 1 aromatic rings. The first-order chi connectivity index (χ1) is 6.26. The predicted molar refractivity (Wildman–Crippen MR) is 56.6 cm³/mol. The first-order valence-corrected chi connectivity index (χ1v) is 5.11. The standard InChI is InChI=1S/C11H15ClO/c1-3-10-5-4-6-11(7-10)13-9(2)8-12/h4-7,9H,3,8H2,1-2H3. The second-order valence-electron chi connectivity index (χ2n) is 3.08. The van der Waals surface area contributed by atoms with Gasteiger partial charge in [-0.3, -0.25) is 0 Å². The first-order valence-electron chi connectivity index (χ1n) is 4.57. The number of ether oxygens (including phenoxy) is 1. The van der Waals surface area contributed by atoms with Crippen LogP contribution < -0.4 is 4.74 Å². The maximum absolute atomic E-state index is 5.65. The molecule has 1 atom stereocenters. The third-order valence-corrected chi connectivity index (χ3v) is 2.30.